The topological polar surface area (TPSA) is 71.3 Å². The maximum absolute atomic E-state index is 13.6. The van der Waals surface area contributed by atoms with Crippen molar-refractivity contribution in [2.45, 2.75) is 26.3 Å². The van der Waals surface area contributed by atoms with Gasteiger partial charge in [-0.2, -0.15) is 0 Å². The molecule has 2 heterocycles. The molecule has 25 heavy (non-hydrogen) atoms. The van der Waals surface area contributed by atoms with E-state index in [0.29, 0.717) is 35.7 Å². The summed E-state index contributed by atoms with van der Waals surface area (Å²) in [6.45, 7) is 4.28. The Bertz CT molecular complexity index is 890. The van der Waals surface area contributed by atoms with Crippen LogP contribution in [-0.2, 0) is 4.79 Å². The molecule has 3 aromatic rings. The second-order valence-electron chi connectivity index (χ2n) is 6.02. The van der Waals surface area contributed by atoms with Gasteiger partial charge in [-0.1, -0.05) is 12.1 Å². The molecule has 0 radical (unpaired) electrons. The number of amides is 1. The van der Waals surface area contributed by atoms with Crippen LogP contribution in [-0.4, -0.2) is 32.9 Å². The molecule has 130 valence electrons. The number of rotatable bonds is 6. The van der Waals surface area contributed by atoms with Gasteiger partial charge in [0.1, 0.15) is 17.3 Å². The quantitative estimate of drug-likeness (QED) is 0.723. The summed E-state index contributed by atoms with van der Waals surface area (Å²) < 4.78 is 15.4. The van der Waals surface area contributed by atoms with E-state index in [1.807, 2.05) is 18.2 Å². The first kappa shape index (κ1) is 16.9. The molecule has 0 aliphatic rings. The van der Waals surface area contributed by atoms with Crippen LogP contribution in [0.2, 0.25) is 0 Å². The fourth-order valence-corrected chi connectivity index (χ4v) is 2.60. The van der Waals surface area contributed by atoms with Crippen LogP contribution < -0.4 is 10.6 Å². The first-order valence-corrected chi connectivity index (χ1v) is 8.16. The van der Waals surface area contributed by atoms with Crippen LogP contribution in [0.3, 0.4) is 0 Å². The van der Waals surface area contributed by atoms with E-state index < -0.39 is 0 Å². The molecule has 7 heteroatoms. The number of fused-ring (bicyclic) bond motifs is 1. The lowest BCUT2D eigenvalue weighted by Gasteiger charge is -2.11. The largest absolute Gasteiger partial charge is 0.369 e. The molecule has 2 N–H and O–H groups in total. The number of halogens is 1. The zero-order valence-electron chi connectivity index (χ0n) is 14.2. The molecule has 3 rings (SSSR count). The summed E-state index contributed by atoms with van der Waals surface area (Å²) in [6, 6.07) is 6.38. The van der Waals surface area contributed by atoms with E-state index >= 15 is 0 Å². The van der Waals surface area contributed by atoms with Gasteiger partial charge in [-0.3, -0.25) is 14.2 Å². The minimum atomic E-state index is -0.324. The molecule has 0 atom stereocenters. The molecular weight excluding hydrogens is 321 g/mol. The second kappa shape index (κ2) is 7.29. The lowest BCUT2D eigenvalue weighted by atomic mass is 10.1. The first-order valence-electron chi connectivity index (χ1n) is 8.16. The molecule has 0 bridgehead atoms. The number of hydrogen-bond acceptors (Lipinski definition) is 4. The lowest BCUT2D eigenvalue weighted by molar-refractivity contribution is -0.121. The Labute approximate surface area is 145 Å². The van der Waals surface area contributed by atoms with Gasteiger partial charge in [-0.15, -0.1) is 0 Å². The van der Waals surface area contributed by atoms with Gasteiger partial charge in [0.25, 0.3) is 0 Å². The van der Waals surface area contributed by atoms with Gasteiger partial charge in [0.15, 0.2) is 5.65 Å². The third kappa shape index (κ3) is 3.93. The van der Waals surface area contributed by atoms with Crippen LogP contribution in [0.5, 0.6) is 0 Å². The average Bonchev–Trinajstić information content (AvgIpc) is 2.93. The van der Waals surface area contributed by atoms with Crippen LogP contribution in [0.1, 0.15) is 20.3 Å². The van der Waals surface area contributed by atoms with Crippen molar-refractivity contribution in [2.24, 2.45) is 0 Å². The molecule has 6 nitrogen and oxygen atoms in total. The summed E-state index contributed by atoms with van der Waals surface area (Å²) in [7, 11) is 0. The number of hydrogen-bond donors (Lipinski definition) is 2. The molecule has 1 aromatic carbocycles. The van der Waals surface area contributed by atoms with Crippen molar-refractivity contribution in [1.29, 1.82) is 0 Å². The Morgan fingerprint density at radius 2 is 2.20 bits per heavy atom. The third-order valence-electron chi connectivity index (χ3n) is 3.62. The smallest absolute Gasteiger partial charge is 0.221 e. The van der Waals surface area contributed by atoms with Gasteiger partial charge < -0.3 is 10.6 Å². The number of aromatic nitrogens is 3. The van der Waals surface area contributed by atoms with Crippen molar-refractivity contribution in [3.63, 3.8) is 0 Å². The van der Waals surface area contributed by atoms with E-state index in [4.69, 9.17) is 0 Å². The average molecular weight is 341 g/mol. The fraction of sp³-hybridized carbons (Fsp3) is 0.278. The van der Waals surface area contributed by atoms with E-state index in [2.05, 4.69) is 20.6 Å². The van der Waals surface area contributed by atoms with E-state index in [0.717, 1.165) is 0 Å². The Kier molecular flexibility index (Phi) is 4.92. The highest BCUT2D eigenvalue weighted by Crippen LogP contribution is 2.28. The van der Waals surface area contributed by atoms with Crippen molar-refractivity contribution in [1.82, 2.24) is 19.7 Å². The Hall–Kier alpha value is -2.96. The zero-order valence-corrected chi connectivity index (χ0v) is 14.2. The zero-order chi connectivity index (χ0) is 17.8. The van der Waals surface area contributed by atoms with Crippen LogP contribution in [0.15, 0.2) is 42.9 Å². The number of carbonyl (C=O) groups excluding carboxylic acids is 1. The first-order chi connectivity index (χ1) is 12.0. The second-order valence-corrected chi connectivity index (χ2v) is 6.02. The molecule has 0 saturated carbocycles. The third-order valence-corrected chi connectivity index (χ3v) is 3.62. The number of benzene rings is 1. The highest BCUT2D eigenvalue weighted by molar-refractivity contribution is 5.78. The maximum atomic E-state index is 13.6. The molecule has 0 spiro atoms. The van der Waals surface area contributed by atoms with Crippen molar-refractivity contribution in [2.75, 3.05) is 11.9 Å². The number of nitrogens with one attached hydrogen (secondary N) is 2. The van der Waals surface area contributed by atoms with Crippen molar-refractivity contribution >= 4 is 17.4 Å². The number of anilines is 1. The highest BCUT2D eigenvalue weighted by Gasteiger charge is 2.15. The summed E-state index contributed by atoms with van der Waals surface area (Å²) >= 11 is 0. The number of nitrogens with zero attached hydrogens (tertiary/aromatic N) is 3. The fourth-order valence-electron chi connectivity index (χ4n) is 2.60. The predicted molar refractivity (Wildman–Crippen MR) is 94.8 cm³/mol. The van der Waals surface area contributed by atoms with Crippen molar-refractivity contribution in [3.05, 3.63) is 48.7 Å². The number of imidazole rings is 1. The van der Waals surface area contributed by atoms with Crippen molar-refractivity contribution in [3.8, 4) is 11.3 Å². The van der Waals surface area contributed by atoms with Gasteiger partial charge in [-0.05, 0) is 26.0 Å². The summed E-state index contributed by atoms with van der Waals surface area (Å²) in [5.74, 6) is 0.362. The monoisotopic (exact) mass is 341 g/mol. The Morgan fingerprint density at radius 3 is 2.96 bits per heavy atom. The molecule has 0 saturated heterocycles. The summed E-state index contributed by atoms with van der Waals surface area (Å²) in [4.78, 5) is 20.4. The minimum Gasteiger partial charge on any atom is -0.369 e. The van der Waals surface area contributed by atoms with Crippen LogP contribution in [0, 0.1) is 5.82 Å². The minimum absolute atomic E-state index is 0.0229. The number of carbonyl (C=O) groups is 1. The van der Waals surface area contributed by atoms with E-state index in [9.17, 15) is 9.18 Å². The SMILES string of the molecule is CC(C)NC(=O)CCNc1c(-c2cccc(F)c2)nc2cnccn12. The van der Waals surface area contributed by atoms with Crippen LogP contribution in [0.25, 0.3) is 16.9 Å². The van der Waals surface area contributed by atoms with Gasteiger partial charge in [0, 0.05) is 37.0 Å². The molecule has 2 aromatic heterocycles. The van der Waals surface area contributed by atoms with Gasteiger partial charge in [0.2, 0.25) is 5.91 Å². The van der Waals surface area contributed by atoms with Gasteiger partial charge in [0.05, 0.1) is 6.20 Å². The summed E-state index contributed by atoms with van der Waals surface area (Å²) in [5, 5.41) is 6.10. The Morgan fingerprint density at radius 1 is 1.36 bits per heavy atom. The molecule has 0 aliphatic carbocycles. The molecule has 0 fully saturated rings. The van der Waals surface area contributed by atoms with Gasteiger partial charge >= 0.3 is 0 Å². The lowest BCUT2D eigenvalue weighted by Crippen LogP contribution is -2.31. The maximum Gasteiger partial charge on any atom is 0.221 e. The van der Waals surface area contributed by atoms with Crippen molar-refractivity contribution < 1.29 is 9.18 Å². The molecule has 0 unspecified atom stereocenters. The summed E-state index contributed by atoms with van der Waals surface area (Å²) in [5.41, 5.74) is 1.94. The van der Waals surface area contributed by atoms with E-state index in [1.165, 1.54) is 12.1 Å². The summed E-state index contributed by atoms with van der Waals surface area (Å²) in [6.07, 6.45) is 5.40. The van der Waals surface area contributed by atoms with Crippen LogP contribution >= 0.6 is 0 Å². The van der Waals surface area contributed by atoms with Gasteiger partial charge in [-0.25, -0.2) is 9.37 Å². The normalized spacial score (nSPS) is 11.0. The standard InChI is InChI=1S/C18H20FN5O/c1-12(2)22-16(25)6-7-21-18-17(13-4-3-5-14(19)10-13)23-15-11-20-8-9-24(15)18/h3-5,8-12,21H,6-7H2,1-2H3,(H,22,25). The highest BCUT2D eigenvalue weighted by atomic mass is 19.1. The van der Waals surface area contributed by atoms with E-state index in [-0.39, 0.29) is 17.8 Å². The van der Waals surface area contributed by atoms with Crippen LogP contribution in [0.4, 0.5) is 10.2 Å². The molecule has 1 amide bonds. The molecule has 0 aliphatic heterocycles. The Balaban J connectivity index is 1.87. The van der Waals surface area contributed by atoms with E-state index in [1.54, 1.807) is 30.7 Å². The predicted octanol–water partition coefficient (Wildman–Crippen LogP) is 2.86. The molecular formula is C18H20FN5O.